The van der Waals surface area contributed by atoms with Crippen molar-refractivity contribution >= 4 is 17.1 Å². The molecule has 2 aliphatic carbocycles. The molecule has 2 fully saturated rings. The van der Waals surface area contributed by atoms with Crippen LogP contribution in [-0.2, 0) is 17.8 Å². The van der Waals surface area contributed by atoms with E-state index in [-0.39, 0.29) is 0 Å². The predicted molar refractivity (Wildman–Crippen MR) is 119 cm³/mol. The number of alkyl halides is 2. The molecule has 0 saturated heterocycles. The number of aromatic nitrogens is 1. The molecule has 0 atom stereocenters. The number of nitrogens with zero attached hydrogens (tertiary/aromatic N) is 2. The van der Waals surface area contributed by atoms with Gasteiger partial charge in [-0.05, 0) is 56.4 Å². The molecule has 2 heterocycles. The summed E-state index contributed by atoms with van der Waals surface area (Å²) in [5, 5.41) is 0.373. The lowest BCUT2D eigenvalue weighted by atomic mass is 9.78. The van der Waals surface area contributed by atoms with Crippen molar-refractivity contribution in [2.45, 2.75) is 90.0 Å². The van der Waals surface area contributed by atoms with Gasteiger partial charge >= 0.3 is 0 Å². The monoisotopic (exact) mass is 454 g/mol. The maximum Gasteiger partial charge on any atom is 0.278 e. The van der Waals surface area contributed by atoms with Crippen LogP contribution in [0.25, 0.3) is 0 Å². The zero-order chi connectivity index (χ0) is 21.8. The van der Waals surface area contributed by atoms with Crippen molar-refractivity contribution in [1.82, 2.24) is 9.88 Å². The molecule has 0 aromatic carbocycles. The van der Waals surface area contributed by atoms with Crippen molar-refractivity contribution in [3.8, 4) is 5.19 Å². The fourth-order valence-corrected chi connectivity index (χ4v) is 5.86. The van der Waals surface area contributed by atoms with Crippen molar-refractivity contribution in [2.24, 2.45) is 17.8 Å². The van der Waals surface area contributed by atoms with E-state index in [2.05, 4.69) is 9.88 Å². The van der Waals surface area contributed by atoms with E-state index >= 15 is 0 Å². The number of thiazole rings is 1. The Morgan fingerprint density at radius 3 is 2.52 bits per heavy atom. The second-order valence-electron chi connectivity index (χ2n) is 10.1. The van der Waals surface area contributed by atoms with E-state index in [0.29, 0.717) is 16.9 Å². The summed E-state index contributed by atoms with van der Waals surface area (Å²) < 4.78 is 31.2. The molecule has 174 valence electrons. The minimum Gasteiger partial charge on any atom is -0.464 e. The molecule has 2 saturated carbocycles. The lowest BCUT2D eigenvalue weighted by Gasteiger charge is -2.31. The van der Waals surface area contributed by atoms with Gasteiger partial charge in [0.15, 0.2) is 6.61 Å². The Bertz CT molecular complexity index is 736. The first-order valence-electron chi connectivity index (χ1n) is 12.1. The fourth-order valence-electron chi connectivity index (χ4n) is 4.96. The summed E-state index contributed by atoms with van der Waals surface area (Å²) in [6.45, 7) is 3.11. The molecule has 0 N–H and O–H groups in total. The van der Waals surface area contributed by atoms with E-state index in [1.807, 2.05) is 0 Å². The molecular formula is C24H36F2N2O2S. The number of carbonyl (C=O) groups excluding carboxylic acids is 1. The smallest absolute Gasteiger partial charge is 0.278 e. The van der Waals surface area contributed by atoms with Gasteiger partial charge < -0.3 is 4.74 Å². The van der Waals surface area contributed by atoms with E-state index < -0.39 is 12.5 Å². The number of rotatable bonds is 11. The molecule has 0 amide bonds. The Morgan fingerprint density at radius 2 is 1.81 bits per heavy atom. The summed E-state index contributed by atoms with van der Waals surface area (Å²) in [5.74, 6) is -0.102. The summed E-state index contributed by atoms with van der Waals surface area (Å²) >= 11 is 1.42. The fraction of sp³-hybridized carbons (Fsp3) is 0.833. The lowest BCUT2D eigenvalue weighted by Crippen LogP contribution is -2.32. The Balaban J connectivity index is 1.13. The maximum atomic E-state index is 13.0. The highest BCUT2D eigenvalue weighted by Crippen LogP contribution is 2.36. The average molecular weight is 455 g/mol. The van der Waals surface area contributed by atoms with Gasteiger partial charge in [-0.25, -0.2) is 13.8 Å². The Kier molecular flexibility index (Phi) is 7.63. The standard InChI is InChI=1S/C24H36F2N2O2S/c1-24(25,26)16-30-23-27-21-15-28(13-11-22(21)31-23)12-10-18-4-6-19(7-5-18)14-20(29)9-8-17-2-3-17/h17-19H,2-16H2,1H3. The molecule has 1 aromatic heterocycles. The Hall–Kier alpha value is -1.08. The highest BCUT2D eigenvalue weighted by Gasteiger charge is 2.28. The minimum absolute atomic E-state index is 0.373. The van der Waals surface area contributed by atoms with Gasteiger partial charge in [0, 0.05) is 37.7 Å². The van der Waals surface area contributed by atoms with E-state index in [1.54, 1.807) is 0 Å². The predicted octanol–water partition coefficient (Wildman–Crippen LogP) is 5.88. The summed E-state index contributed by atoms with van der Waals surface area (Å²) in [5.41, 5.74) is 0.999. The number of hydrogen-bond donors (Lipinski definition) is 0. The van der Waals surface area contributed by atoms with Gasteiger partial charge in [-0.2, -0.15) is 0 Å². The largest absolute Gasteiger partial charge is 0.464 e. The van der Waals surface area contributed by atoms with Crippen molar-refractivity contribution in [1.29, 1.82) is 0 Å². The van der Waals surface area contributed by atoms with Gasteiger partial charge in [-0.3, -0.25) is 9.69 Å². The molecule has 1 aliphatic heterocycles. The van der Waals surface area contributed by atoms with Crippen LogP contribution < -0.4 is 4.74 Å². The third kappa shape index (κ3) is 7.48. The number of hydrogen-bond acceptors (Lipinski definition) is 5. The molecule has 7 heteroatoms. The number of carbonyl (C=O) groups is 1. The third-order valence-electron chi connectivity index (χ3n) is 7.10. The van der Waals surface area contributed by atoms with Crippen molar-refractivity contribution in [3.63, 3.8) is 0 Å². The van der Waals surface area contributed by atoms with Crippen LogP contribution in [0.3, 0.4) is 0 Å². The lowest BCUT2D eigenvalue weighted by molar-refractivity contribution is -0.120. The molecule has 0 bridgehead atoms. The Morgan fingerprint density at radius 1 is 1.13 bits per heavy atom. The zero-order valence-corrected chi connectivity index (χ0v) is 19.5. The highest BCUT2D eigenvalue weighted by molar-refractivity contribution is 7.13. The van der Waals surface area contributed by atoms with Crippen LogP contribution in [0.15, 0.2) is 0 Å². The first-order valence-corrected chi connectivity index (χ1v) is 12.9. The molecule has 3 aliphatic rings. The second kappa shape index (κ2) is 10.2. The van der Waals surface area contributed by atoms with Crippen LogP contribution in [0.4, 0.5) is 8.78 Å². The molecule has 4 nitrogen and oxygen atoms in total. The normalized spacial score (nSPS) is 24.7. The summed E-state index contributed by atoms with van der Waals surface area (Å²) in [6.07, 6.45) is 12.5. The third-order valence-corrected chi connectivity index (χ3v) is 8.17. The molecular weight excluding hydrogens is 418 g/mol. The zero-order valence-electron chi connectivity index (χ0n) is 18.7. The van der Waals surface area contributed by atoms with E-state index in [4.69, 9.17) is 4.74 Å². The first kappa shape index (κ1) is 23.1. The van der Waals surface area contributed by atoms with Crippen LogP contribution in [-0.4, -0.2) is 41.3 Å². The molecule has 4 rings (SSSR count). The topological polar surface area (TPSA) is 42.4 Å². The minimum atomic E-state index is -2.83. The van der Waals surface area contributed by atoms with Gasteiger partial charge in [-0.15, -0.1) is 0 Å². The SMILES string of the molecule is CC(F)(F)COc1nc2c(s1)CCN(CCC1CCC(CC(=O)CCC3CC3)CC1)C2. The molecule has 31 heavy (non-hydrogen) atoms. The number of fused-ring (bicyclic) bond motifs is 1. The number of Topliss-reactive ketones (excluding diaryl/α,β-unsaturated/α-hetero) is 1. The van der Waals surface area contributed by atoms with Crippen LogP contribution >= 0.6 is 11.3 Å². The van der Waals surface area contributed by atoms with Crippen LogP contribution in [0, 0.1) is 17.8 Å². The van der Waals surface area contributed by atoms with Gasteiger partial charge in [-0.1, -0.05) is 37.0 Å². The van der Waals surface area contributed by atoms with Crippen molar-refractivity contribution < 1.29 is 18.3 Å². The van der Waals surface area contributed by atoms with Gasteiger partial charge in [0.25, 0.3) is 11.1 Å². The Labute approximate surface area is 188 Å². The first-order chi connectivity index (χ1) is 14.8. The molecule has 1 aromatic rings. The quantitative estimate of drug-likeness (QED) is 0.419. The van der Waals surface area contributed by atoms with Crippen LogP contribution in [0.1, 0.15) is 81.7 Å². The van der Waals surface area contributed by atoms with E-state index in [1.165, 1.54) is 61.2 Å². The van der Waals surface area contributed by atoms with E-state index in [9.17, 15) is 13.6 Å². The van der Waals surface area contributed by atoms with Gasteiger partial charge in [0.05, 0.1) is 5.69 Å². The van der Waals surface area contributed by atoms with Crippen molar-refractivity contribution in [2.75, 3.05) is 19.7 Å². The summed E-state index contributed by atoms with van der Waals surface area (Å²) in [4.78, 5) is 20.3. The number of ether oxygens (including phenoxy) is 1. The second-order valence-corrected chi connectivity index (χ2v) is 11.2. The van der Waals surface area contributed by atoms with Crippen molar-refractivity contribution in [3.05, 3.63) is 10.6 Å². The van der Waals surface area contributed by atoms with Crippen LogP contribution in [0.2, 0.25) is 0 Å². The van der Waals surface area contributed by atoms with E-state index in [0.717, 1.165) is 69.8 Å². The summed E-state index contributed by atoms with van der Waals surface area (Å²) in [7, 11) is 0. The number of halogens is 2. The number of ketones is 1. The van der Waals surface area contributed by atoms with Gasteiger partial charge in [0.2, 0.25) is 0 Å². The molecule has 0 spiro atoms. The highest BCUT2D eigenvalue weighted by atomic mass is 32.1. The average Bonchev–Trinajstić information content (AvgIpc) is 3.47. The molecule has 0 radical (unpaired) electrons. The summed E-state index contributed by atoms with van der Waals surface area (Å²) in [6, 6.07) is 0. The molecule has 0 unspecified atom stereocenters. The maximum absolute atomic E-state index is 13.0. The van der Waals surface area contributed by atoms with Gasteiger partial charge in [0.1, 0.15) is 5.78 Å². The van der Waals surface area contributed by atoms with Crippen LogP contribution in [0.5, 0.6) is 5.19 Å².